The van der Waals surface area contributed by atoms with Crippen LogP contribution >= 0.6 is 23.2 Å². The molecule has 0 spiro atoms. The maximum Gasteiger partial charge on any atom is 0.271 e. The van der Waals surface area contributed by atoms with Crippen LogP contribution in [0.3, 0.4) is 0 Å². The number of benzene rings is 1. The molecule has 2 amide bonds. The molecule has 1 aliphatic heterocycles. The number of aromatic amines is 1. The van der Waals surface area contributed by atoms with Crippen molar-refractivity contribution >= 4 is 56.0 Å². The van der Waals surface area contributed by atoms with Gasteiger partial charge in [0, 0.05) is 25.6 Å². The summed E-state index contributed by atoms with van der Waals surface area (Å²) >= 11 is 12.1. The van der Waals surface area contributed by atoms with Crippen molar-refractivity contribution in [2.24, 2.45) is 0 Å². The Bertz CT molecular complexity index is 1090. The summed E-state index contributed by atoms with van der Waals surface area (Å²) in [7, 11) is -2.35. The van der Waals surface area contributed by atoms with Gasteiger partial charge in [-0.1, -0.05) is 36.2 Å². The molecule has 2 aromatic rings. The Balaban J connectivity index is 1.73. The topological polar surface area (TPSA) is 124 Å². The number of piperidine rings is 1. The van der Waals surface area contributed by atoms with Crippen LogP contribution in [0.15, 0.2) is 24.4 Å². The predicted molar refractivity (Wildman–Crippen MR) is 115 cm³/mol. The van der Waals surface area contributed by atoms with E-state index in [1.807, 2.05) is 6.92 Å². The van der Waals surface area contributed by atoms with Gasteiger partial charge < -0.3 is 10.6 Å². The SMILES string of the molecule is CCN1CCC(NC(=O)c2[nH]ncc2NC(=O)c2c(Cl)cccc2Cl)CC1=S(=O)=O. The Morgan fingerprint density at radius 1 is 1.27 bits per heavy atom. The Morgan fingerprint density at radius 2 is 1.97 bits per heavy atom. The van der Waals surface area contributed by atoms with Crippen molar-refractivity contribution < 1.29 is 18.0 Å². The van der Waals surface area contributed by atoms with Crippen LogP contribution in [0.2, 0.25) is 10.0 Å². The number of likely N-dealkylation sites (tertiary alicyclic amines) is 1. The van der Waals surface area contributed by atoms with Gasteiger partial charge in [-0.15, -0.1) is 0 Å². The van der Waals surface area contributed by atoms with Gasteiger partial charge in [0.15, 0.2) is 0 Å². The van der Waals surface area contributed by atoms with Gasteiger partial charge in [-0.05, 0) is 18.6 Å². The summed E-state index contributed by atoms with van der Waals surface area (Å²) in [6.45, 7) is 2.96. The minimum atomic E-state index is -2.35. The third-order valence-corrected chi connectivity index (χ3v) is 6.17. The molecule has 0 bridgehead atoms. The number of anilines is 1. The van der Waals surface area contributed by atoms with E-state index in [9.17, 15) is 18.0 Å². The highest BCUT2D eigenvalue weighted by Crippen LogP contribution is 2.26. The van der Waals surface area contributed by atoms with Crippen LogP contribution in [0.25, 0.3) is 0 Å². The third kappa shape index (κ3) is 4.84. The highest BCUT2D eigenvalue weighted by atomic mass is 35.5. The van der Waals surface area contributed by atoms with E-state index in [1.165, 1.54) is 18.3 Å². The Morgan fingerprint density at radius 3 is 2.60 bits per heavy atom. The van der Waals surface area contributed by atoms with Gasteiger partial charge in [-0.2, -0.15) is 13.5 Å². The number of rotatable bonds is 5. The standard InChI is InChI=1S/C18H19Cl2N5O4S/c1-2-25-7-6-10(8-14(25)30(28)29)22-18(27)16-13(9-21-24-16)23-17(26)15-11(19)4-3-5-12(15)20/h3-5,9-10H,2,6-8H2,1H3,(H,21,24)(H,22,27)(H,23,26). The molecule has 1 saturated heterocycles. The zero-order valence-electron chi connectivity index (χ0n) is 15.9. The van der Waals surface area contributed by atoms with E-state index in [0.717, 1.165) is 0 Å². The second-order valence-corrected chi connectivity index (χ2v) is 8.34. The number of hydrogen-bond acceptors (Lipinski definition) is 5. The number of nitrogens with one attached hydrogen (secondary N) is 3. The van der Waals surface area contributed by atoms with Gasteiger partial charge in [-0.3, -0.25) is 19.6 Å². The fourth-order valence-electron chi connectivity index (χ4n) is 3.22. The molecule has 0 aliphatic carbocycles. The molecule has 2 heterocycles. The molecule has 0 saturated carbocycles. The van der Waals surface area contributed by atoms with E-state index in [1.54, 1.807) is 11.0 Å². The largest absolute Gasteiger partial charge is 0.347 e. The van der Waals surface area contributed by atoms with Crippen LogP contribution in [0.1, 0.15) is 40.6 Å². The lowest BCUT2D eigenvalue weighted by Crippen LogP contribution is -2.48. The van der Waals surface area contributed by atoms with Crippen molar-refractivity contribution in [3.63, 3.8) is 0 Å². The zero-order valence-corrected chi connectivity index (χ0v) is 18.2. The molecule has 9 nitrogen and oxygen atoms in total. The molecule has 1 unspecified atom stereocenters. The highest BCUT2D eigenvalue weighted by molar-refractivity contribution is 7.72. The smallest absolute Gasteiger partial charge is 0.271 e. The average molecular weight is 472 g/mol. The molecule has 3 rings (SSSR count). The van der Waals surface area contributed by atoms with Gasteiger partial charge >= 0.3 is 0 Å². The summed E-state index contributed by atoms with van der Waals surface area (Å²) in [4.78, 5) is 27.3. The van der Waals surface area contributed by atoms with Crippen LogP contribution < -0.4 is 10.6 Å². The van der Waals surface area contributed by atoms with Crippen molar-refractivity contribution in [2.75, 3.05) is 18.4 Å². The predicted octanol–water partition coefficient (Wildman–Crippen LogP) is 2.19. The molecule has 1 aromatic carbocycles. The van der Waals surface area contributed by atoms with E-state index in [0.29, 0.717) is 19.5 Å². The van der Waals surface area contributed by atoms with Gasteiger partial charge in [0.1, 0.15) is 10.7 Å². The highest BCUT2D eigenvalue weighted by Gasteiger charge is 2.28. The lowest BCUT2D eigenvalue weighted by Gasteiger charge is -2.31. The average Bonchev–Trinajstić information content (AvgIpc) is 3.16. The first kappa shape index (κ1) is 22.3. The number of halogens is 2. The summed E-state index contributed by atoms with van der Waals surface area (Å²) in [5.41, 5.74) is 0.267. The normalized spacial score (nSPS) is 16.9. The van der Waals surface area contributed by atoms with Crippen molar-refractivity contribution in [3.05, 3.63) is 45.7 Å². The number of aromatic nitrogens is 2. The summed E-state index contributed by atoms with van der Waals surface area (Å²) < 4.78 is 22.9. The number of hydrogen-bond donors (Lipinski definition) is 3. The van der Waals surface area contributed by atoms with Gasteiger partial charge in [0.25, 0.3) is 11.8 Å². The van der Waals surface area contributed by atoms with Crippen LogP contribution in [0.5, 0.6) is 0 Å². The Kier molecular flexibility index (Phi) is 7.14. The van der Waals surface area contributed by atoms with E-state index in [2.05, 4.69) is 20.8 Å². The van der Waals surface area contributed by atoms with Crippen molar-refractivity contribution in [3.8, 4) is 0 Å². The number of amides is 2. The lowest BCUT2D eigenvalue weighted by atomic mass is 10.0. The van der Waals surface area contributed by atoms with Crippen LogP contribution in [-0.4, -0.2) is 59.4 Å². The number of carbonyl (C=O) groups excluding carboxylic acids is 2. The summed E-state index contributed by atoms with van der Waals surface area (Å²) in [6, 6.07) is 4.31. The number of H-pyrrole nitrogens is 1. The summed E-state index contributed by atoms with van der Waals surface area (Å²) in [5.74, 6) is -1.10. The molecule has 30 heavy (non-hydrogen) atoms. The second kappa shape index (κ2) is 9.61. The summed E-state index contributed by atoms with van der Waals surface area (Å²) in [6.07, 6.45) is 2.08. The molecular weight excluding hydrogens is 453 g/mol. The first-order chi connectivity index (χ1) is 14.3. The monoisotopic (exact) mass is 471 g/mol. The molecule has 0 radical (unpaired) electrons. The molecular formula is C18H19Cl2N5O4S. The van der Waals surface area contributed by atoms with Gasteiger partial charge in [-0.25, -0.2) is 0 Å². The Hall–Kier alpha value is -2.40. The van der Waals surface area contributed by atoms with Gasteiger partial charge in [0.05, 0.1) is 27.5 Å². The lowest BCUT2D eigenvalue weighted by molar-refractivity contribution is 0.0927. The summed E-state index contributed by atoms with van der Waals surface area (Å²) in [5, 5.41) is 12.1. The second-order valence-electron chi connectivity index (χ2n) is 6.58. The number of carbonyl (C=O) groups is 2. The quantitative estimate of drug-likeness (QED) is 0.574. The zero-order chi connectivity index (χ0) is 21.8. The van der Waals surface area contributed by atoms with Crippen LogP contribution in [-0.2, 0) is 10.3 Å². The third-order valence-electron chi connectivity index (χ3n) is 4.73. The maximum absolute atomic E-state index is 12.7. The minimum absolute atomic E-state index is 0.0363. The van der Waals surface area contributed by atoms with E-state index in [4.69, 9.17) is 23.2 Å². The number of nitrogens with zero attached hydrogens (tertiary/aromatic N) is 2. The van der Waals surface area contributed by atoms with Crippen molar-refractivity contribution in [1.29, 1.82) is 0 Å². The van der Waals surface area contributed by atoms with Gasteiger partial charge in [0.2, 0.25) is 10.3 Å². The molecule has 160 valence electrons. The van der Waals surface area contributed by atoms with Crippen molar-refractivity contribution in [2.45, 2.75) is 25.8 Å². The first-order valence-corrected chi connectivity index (χ1v) is 10.9. The molecule has 1 aromatic heterocycles. The molecule has 1 aliphatic rings. The maximum atomic E-state index is 12.7. The van der Waals surface area contributed by atoms with E-state index < -0.39 is 22.1 Å². The van der Waals surface area contributed by atoms with E-state index in [-0.39, 0.29) is 44.4 Å². The fraction of sp³-hybridized carbons (Fsp3) is 0.333. The van der Waals surface area contributed by atoms with Crippen LogP contribution in [0.4, 0.5) is 5.69 Å². The molecule has 1 atom stereocenters. The first-order valence-electron chi connectivity index (χ1n) is 9.11. The van der Waals surface area contributed by atoms with Crippen LogP contribution in [0, 0.1) is 0 Å². The molecule has 3 N–H and O–H groups in total. The fourth-order valence-corrected chi connectivity index (χ4v) is 4.56. The molecule has 12 heteroatoms. The molecule has 1 fully saturated rings. The minimum Gasteiger partial charge on any atom is -0.347 e. The van der Waals surface area contributed by atoms with E-state index >= 15 is 0 Å². The van der Waals surface area contributed by atoms with Crippen molar-refractivity contribution in [1.82, 2.24) is 20.4 Å². The Labute approximate surface area is 184 Å².